The summed E-state index contributed by atoms with van der Waals surface area (Å²) < 4.78 is 0.961. The standard InChI is InChI=1S/C18H14BrClN2O/c1-21-18(23)17-14-8-5-12(19)10-16(14)22-15(17)9-4-11-2-6-13(20)7-3-11/h2-10,22H,1H3,(H,21,23)/b9-4+. The van der Waals surface area contributed by atoms with Gasteiger partial charge in [0.1, 0.15) is 0 Å². The molecule has 0 atom stereocenters. The van der Waals surface area contributed by atoms with Crippen LogP contribution in [0.4, 0.5) is 0 Å². The normalized spacial score (nSPS) is 11.3. The number of amides is 1. The maximum Gasteiger partial charge on any atom is 0.253 e. The van der Waals surface area contributed by atoms with Crippen molar-refractivity contribution in [3.63, 3.8) is 0 Å². The van der Waals surface area contributed by atoms with Gasteiger partial charge in [-0.15, -0.1) is 0 Å². The Morgan fingerprint density at radius 3 is 2.61 bits per heavy atom. The molecule has 3 nitrogen and oxygen atoms in total. The average Bonchev–Trinajstić information content (AvgIpc) is 2.91. The van der Waals surface area contributed by atoms with E-state index in [2.05, 4.69) is 26.2 Å². The number of carbonyl (C=O) groups excluding carboxylic acids is 1. The molecule has 5 heteroatoms. The minimum absolute atomic E-state index is 0.116. The first-order valence-electron chi connectivity index (χ1n) is 7.05. The van der Waals surface area contributed by atoms with Crippen LogP contribution in [0.25, 0.3) is 23.1 Å². The van der Waals surface area contributed by atoms with E-state index < -0.39 is 0 Å². The smallest absolute Gasteiger partial charge is 0.253 e. The van der Waals surface area contributed by atoms with E-state index in [1.807, 2.05) is 54.6 Å². The predicted molar refractivity (Wildman–Crippen MR) is 99.8 cm³/mol. The van der Waals surface area contributed by atoms with Gasteiger partial charge in [0.25, 0.3) is 5.91 Å². The lowest BCUT2D eigenvalue weighted by Crippen LogP contribution is -2.18. The number of halogens is 2. The fraction of sp³-hybridized carbons (Fsp3) is 0.0556. The van der Waals surface area contributed by atoms with Crippen molar-refractivity contribution in [1.29, 1.82) is 0 Å². The van der Waals surface area contributed by atoms with Crippen molar-refractivity contribution in [3.8, 4) is 0 Å². The summed E-state index contributed by atoms with van der Waals surface area (Å²) in [6, 6.07) is 13.3. The van der Waals surface area contributed by atoms with Gasteiger partial charge in [-0.1, -0.05) is 51.8 Å². The molecule has 3 aromatic rings. The molecule has 23 heavy (non-hydrogen) atoms. The first kappa shape index (κ1) is 15.8. The number of aromatic nitrogens is 1. The number of hydrogen-bond acceptors (Lipinski definition) is 1. The van der Waals surface area contributed by atoms with E-state index in [0.717, 1.165) is 26.6 Å². The summed E-state index contributed by atoms with van der Waals surface area (Å²) >= 11 is 9.35. The van der Waals surface area contributed by atoms with Gasteiger partial charge in [-0.05, 0) is 35.9 Å². The molecule has 0 spiro atoms. The van der Waals surface area contributed by atoms with Crippen LogP contribution in [-0.4, -0.2) is 17.9 Å². The number of fused-ring (bicyclic) bond motifs is 1. The van der Waals surface area contributed by atoms with Gasteiger partial charge in [-0.3, -0.25) is 4.79 Å². The van der Waals surface area contributed by atoms with Gasteiger partial charge in [-0.25, -0.2) is 0 Å². The lowest BCUT2D eigenvalue weighted by Gasteiger charge is -2.00. The van der Waals surface area contributed by atoms with Gasteiger partial charge in [0.15, 0.2) is 0 Å². The summed E-state index contributed by atoms with van der Waals surface area (Å²) in [4.78, 5) is 15.6. The highest BCUT2D eigenvalue weighted by atomic mass is 79.9. The minimum atomic E-state index is -0.116. The molecule has 1 aromatic heterocycles. The Morgan fingerprint density at radius 2 is 1.91 bits per heavy atom. The second-order valence-electron chi connectivity index (χ2n) is 5.07. The van der Waals surface area contributed by atoms with Crippen LogP contribution in [0.2, 0.25) is 5.02 Å². The van der Waals surface area contributed by atoms with Crippen molar-refractivity contribution in [2.45, 2.75) is 0 Å². The Balaban J connectivity index is 2.08. The number of carbonyl (C=O) groups is 1. The van der Waals surface area contributed by atoms with Gasteiger partial charge in [-0.2, -0.15) is 0 Å². The van der Waals surface area contributed by atoms with E-state index in [9.17, 15) is 4.79 Å². The second-order valence-corrected chi connectivity index (χ2v) is 6.42. The quantitative estimate of drug-likeness (QED) is 0.642. The molecule has 0 saturated carbocycles. The van der Waals surface area contributed by atoms with Crippen molar-refractivity contribution in [2.75, 3.05) is 7.05 Å². The van der Waals surface area contributed by atoms with Crippen LogP contribution in [0, 0.1) is 0 Å². The molecule has 1 heterocycles. The molecule has 0 aliphatic rings. The third kappa shape index (κ3) is 3.33. The summed E-state index contributed by atoms with van der Waals surface area (Å²) in [5, 5.41) is 4.29. The molecule has 0 unspecified atom stereocenters. The fourth-order valence-corrected chi connectivity index (χ4v) is 2.93. The Labute approximate surface area is 147 Å². The van der Waals surface area contributed by atoms with Gasteiger partial charge in [0.2, 0.25) is 0 Å². The van der Waals surface area contributed by atoms with Crippen molar-refractivity contribution in [3.05, 3.63) is 68.8 Å². The number of nitrogens with one attached hydrogen (secondary N) is 2. The maximum absolute atomic E-state index is 12.3. The number of H-pyrrole nitrogens is 1. The SMILES string of the molecule is CNC(=O)c1c(/C=C/c2ccc(Cl)cc2)[nH]c2cc(Br)ccc12. The van der Waals surface area contributed by atoms with E-state index in [4.69, 9.17) is 11.6 Å². The zero-order valence-electron chi connectivity index (χ0n) is 12.4. The van der Waals surface area contributed by atoms with Crippen molar-refractivity contribution < 1.29 is 4.79 Å². The zero-order valence-corrected chi connectivity index (χ0v) is 14.7. The predicted octanol–water partition coefficient (Wildman–Crippen LogP) is 5.11. The molecule has 0 saturated heterocycles. The maximum atomic E-state index is 12.3. The van der Waals surface area contributed by atoms with E-state index in [1.54, 1.807) is 7.05 Å². The van der Waals surface area contributed by atoms with Gasteiger partial charge < -0.3 is 10.3 Å². The van der Waals surface area contributed by atoms with Gasteiger partial charge in [0.05, 0.1) is 11.3 Å². The first-order valence-corrected chi connectivity index (χ1v) is 8.22. The van der Waals surface area contributed by atoms with Crippen LogP contribution in [-0.2, 0) is 0 Å². The Morgan fingerprint density at radius 1 is 1.17 bits per heavy atom. The monoisotopic (exact) mass is 388 g/mol. The lowest BCUT2D eigenvalue weighted by atomic mass is 10.1. The molecule has 2 N–H and O–H groups in total. The molecule has 1 amide bonds. The lowest BCUT2D eigenvalue weighted by molar-refractivity contribution is 0.0964. The molecule has 2 aromatic carbocycles. The Bertz CT molecular complexity index is 897. The molecule has 0 radical (unpaired) electrons. The zero-order chi connectivity index (χ0) is 16.4. The first-order chi connectivity index (χ1) is 11.1. The van der Waals surface area contributed by atoms with Crippen molar-refractivity contribution in [2.24, 2.45) is 0 Å². The van der Waals surface area contributed by atoms with Crippen LogP contribution < -0.4 is 5.32 Å². The highest BCUT2D eigenvalue weighted by molar-refractivity contribution is 9.10. The number of rotatable bonds is 3. The fourth-order valence-electron chi connectivity index (χ4n) is 2.44. The average molecular weight is 390 g/mol. The molecule has 0 aliphatic carbocycles. The van der Waals surface area contributed by atoms with Gasteiger partial charge in [0, 0.05) is 27.4 Å². The van der Waals surface area contributed by atoms with Crippen LogP contribution >= 0.6 is 27.5 Å². The van der Waals surface area contributed by atoms with Crippen molar-refractivity contribution >= 4 is 56.5 Å². The van der Waals surface area contributed by atoms with Crippen LogP contribution in [0.1, 0.15) is 21.6 Å². The summed E-state index contributed by atoms with van der Waals surface area (Å²) in [5.41, 5.74) is 3.33. The van der Waals surface area contributed by atoms with E-state index >= 15 is 0 Å². The molecular formula is C18H14BrClN2O. The molecule has 0 fully saturated rings. The number of aromatic amines is 1. The molecule has 0 bridgehead atoms. The van der Waals surface area contributed by atoms with Gasteiger partial charge >= 0.3 is 0 Å². The topological polar surface area (TPSA) is 44.9 Å². The van der Waals surface area contributed by atoms with E-state index in [1.165, 1.54) is 0 Å². The third-order valence-corrected chi connectivity index (χ3v) is 4.30. The van der Waals surface area contributed by atoms with Crippen LogP contribution in [0.5, 0.6) is 0 Å². The largest absolute Gasteiger partial charge is 0.355 e. The summed E-state index contributed by atoms with van der Waals surface area (Å²) in [6.45, 7) is 0. The second kappa shape index (κ2) is 6.60. The third-order valence-electron chi connectivity index (χ3n) is 3.56. The highest BCUT2D eigenvalue weighted by Crippen LogP contribution is 2.27. The molecule has 116 valence electrons. The highest BCUT2D eigenvalue weighted by Gasteiger charge is 2.15. The Hall–Kier alpha value is -2.04. The van der Waals surface area contributed by atoms with E-state index in [0.29, 0.717) is 10.6 Å². The molecular weight excluding hydrogens is 376 g/mol. The Kier molecular flexibility index (Phi) is 4.55. The minimum Gasteiger partial charge on any atom is -0.355 e. The molecule has 3 rings (SSSR count). The molecule has 0 aliphatic heterocycles. The van der Waals surface area contributed by atoms with Crippen LogP contribution in [0.3, 0.4) is 0 Å². The summed E-state index contributed by atoms with van der Waals surface area (Å²) in [6.07, 6.45) is 3.85. The van der Waals surface area contributed by atoms with Crippen LogP contribution in [0.15, 0.2) is 46.9 Å². The summed E-state index contributed by atoms with van der Waals surface area (Å²) in [7, 11) is 1.63. The van der Waals surface area contributed by atoms with Crippen molar-refractivity contribution in [1.82, 2.24) is 10.3 Å². The number of hydrogen-bond donors (Lipinski definition) is 2. The summed E-state index contributed by atoms with van der Waals surface area (Å²) in [5.74, 6) is -0.116. The van der Waals surface area contributed by atoms with E-state index in [-0.39, 0.29) is 5.91 Å². The number of benzene rings is 2.